The summed E-state index contributed by atoms with van der Waals surface area (Å²) < 4.78 is 5.84. The molecular weight excluding hydrogens is 560 g/mol. The van der Waals surface area contributed by atoms with Crippen LogP contribution in [0.2, 0.25) is 5.02 Å². The minimum absolute atomic E-state index is 0.227. The van der Waals surface area contributed by atoms with Crippen LogP contribution in [0.4, 0.5) is 17.2 Å². The van der Waals surface area contributed by atoms with Gasteiger partial charge in [0.2, 0.25) is 11.8 Å². The minimum atomic E-state index is -0.541. The first-order valence-corrected chi connectivity index (χ1v) is 14.6. The van der Waals surface area contributed by atoms with Gasteiger partial charge < -0.3 is 20.3 Å². The van der Waals surface area contributed by atoms with Gasteiger partial charge in [0.05, 0.1) is 21.9 Å². The number of amides is 2. The Morgan fingerprint density at radius 1 is 1.20 bits per heavy atom. The molecule has 1 aliphatic rings. The summed E-state index contributed by atoms with van der Waals surface area (Å²) >= 11 is 8.12. The van der Waals surface area contributed by atoms with Crippen LogP contribution in [-0.4, -0.2) is 50.0 Å². The van der Waals surface area contributed by atoms with Crippen molar-refractivity contribution in [1.82, 2.24) is 19.9 Å². The summed E-state index contributed by atoms with van der Waals surface area (Å²) in [6.45, 7) is 6.45. The predicted molar refractivity (Wildman–Crippen MR) is 163 cm³/mol. The molecule has 3 heterocycles. The molecule has 0 saturated carbocycles. The first-order valence-electron chi connectivity index (χ1n) is 13.2. The van der Waals surface area contributed by atoms with Crippen LogP contribution in [0.25, 0.3) is 10.9 Å². The van der Waals surface area contributed by atoms with Crippen molar-refractivity contribution in [3.63, 3.8) is 0 Å². The number of rotatable bonds is 10. The van der Waals surface area contributed by atoms with Crippen LogP contribution in [0, 0.1) is 0 Å². The van der Waals surface area contributed by atoms with Gasteiger partial charge in [0.25, 0.3) is 0 Å². The smallest absolute Gasteiger partial charge is 0.247 e. The fraction of sp³-hybridized carbons (Fsp3) is 0.233. The lowest BCUT2D eigenvalue weighted by Crippen LogP contribution is -2.42. The number of halogens is 1. The maximum Gasteiger partial charge on any atom is 0.247 e. The summed E-state index contributed by atoms with van der Waals surface area (Å²) in [5.74, 6) is 1.44. The molecule has 0 aliphatic carbocycles. The molecule has 4 aromatic rings. The van der Waals surface area contributed by atoms with Gasteiger partial charge in [-0.3, -0.25) is 14.6 Å². The van der Waals surface area contributed by atoms with Crippen LogP contribution in [0.3, 0.4) is 0 Å². The number of fused-ring (bicyclic) bond motifs is 1. The molecule has 2 amide bonds. The van der Waals surface area contributed by atoms with E-state index in [1.807, 2.05) is 43.3 Å². The molecule has 9 nitrogen and oxygen atoms in total. The third-order valence-electron chi connectivity index (χ3n) is 6.60. The Bertz CT molecular complexity index is 1590. The molecule has 2 N–H and O–H groups in total. The molecule has 1 atom stereocenters. The molecule has 41 heavy (non-hydrogen) atoms. The summed E-state index contributed by atoms with van der Waals surface area (Å²) in [6, 6.07) is 14.3. The molecule has 1 aliphatic heterocycles. The van der Waals surface area contributed by atoms with Crippen LogP contribution < -0.4 is 15.4 Å². The van der Waals surface area contributed by atoms with Crippen molar-refractivity contribution < 1.29 is 14.3 Å². The highest BCUT2D eigenvalue weighted by atomic mass is 35.5. The number of pyridine rings is 1. The number of nitrogens with zero attached hydrogens (tertiary/aromatic N) is 4. The van der Waals surface area contributed by atoms with E-state index in [1.165, 1.54) is 12.4 Å². The zero-order chi connectivity index (χ0) is 28.8. The average Bonchev–Trinajstić information content (AvgIpc) is 3.48. The zero-order valence-electron chi connectivity index (χ0n) is 22.5. The fourth-order valence-electron chi connectivity index (χ4n) is 4.66. The lowest BCUT2D eigenvalue weighted by Gasteiger charge is -2.23. The Morgan fingerprint density at radius 3 is 2.83 bits per heavy atom. The number of benzene rings is 2. The number of hydrogen-bond donors (Lipinski definition) is 2. The van der Waals surface area contributed by atoms with E-state index in [4.69, 9.17) is 16.3 Å². The van der Waals surface area contributed by atoms with Crippen LogP contribution in [0.1, 0.15) is 25.5 Å². The van der Waals surface area contributed by atoms with Gasteiger partial charge in [0.15, 0.2) is 0 Å². The quantitative estimate of drug-likeness (QED) is 0.166. The van der Waals surface area contributed by atoms with E-state index in [0.29, 0.717) is 47.5 Å². The molecule has 210 valence electrons. The van der Waals surface area contributed by atoms with Crippen molar-refractivity contribution >= 4 is 63.3 Å². The van der Waals surface area contributed by atoms with Crippen LogP contribution in [0.5, 0.6) is 5.75 Å². The van der Waals surface area contributed by atoms with Gasteiger partial charge in [-0.1, -0.05) is 31.2 Å². The molecule has 2 aromatic heterocycles. The first-order chi connectivity index (χ1) is 20.0. The normalized spacial score (nSPS) is 14.6. The summed E-state index contributed by atoms with van der Waals surface area (Å²) in [4.78, 5) is 41.2. The summed E-state index contributed by atoms with van der Waals surface area (Å²) in [6.07, 6.45) is 5.83. The summed E-state index contributed by atoms with van der Waals surface area (Å²) in [5, 5.41) is 7.54. The van der Waals surface area contributed by atoms with Crippen molar-refractivity contribution in [1.29, 1.82) is 0 Å². The van der Waals surface area contributed by atoms with Gasteiger partial charge in [0, 0.05) is 28.7 Å². The number of carbonyl (C=O) groups excluding carboxylic acids is 2. The molecule has 5 rings (SSSR count). The Hall–Kier alpha value is -4.15. The molecule has 2 aromatic carbocycles. The van der Waals surface area contributed by atoms with E-state index >= 15 is 0 Å². The van der Waals surface area contributed by atoms with E-state index < -0.39 is 6.04 Å². The molecule has 1 saturated heterocycles. The van der Waals surface area contributed by atoms with Gasteiger partial charge >= 0.3 is 0 Å². The second-order valence-corrected chi connectivity index (χ2v) is 11.0. The number of likely N-dealkylation sites (tertiary alicyclic amines) is 1. The Labute approximate surface area is 247 Å². The molecular formula is C30H29ClN6O3S. The number of hydrogen-bond acceptors (Lipinski definition) is 8. The van der Waals surface area contributed by atoms with Gasteiger partial charge in [0.1, 0.15) is 30.5 Å². The minimum Gasteiger partial charge on any atom is -0.486 e. The van der Waals surface area contributed by atoms with Gasteiger partial charge in [-0.05, 0) is 67.1 Å². The number of aromatic nitrogens is 3. The summed E-state index contributed by atoms with van der Waals surface area (Å²) in [7, 11) is 0. The van der Waals surface area contributed by atoms with Crippen LogP contribution >= 0.6 is 23.4 Å². The van der Waals surface area contributed by atoms with Crippen molar-refractivity contribution in [3.8, 4) is 5.75 Å². The maximum atomic E-state index is 13.3. The van der Waals surface area contributed by atoms with Crippen LogP contribution in [0.15, 0.2) is 78.6 Å². The third kappa shape index (κ3) is 6.61. The number of thioether (sulfide) groups is 1. The largest absolute Gasteiger partial charge is 0.486 e. The zero-order valence-corrected chi connectivity index (χ0v) is 24.0. The van der Waals surface area contributed by atoms with E-state index in [9.17, 15) is 9.59 Å². The molecule has 1 fully saturated rings. The first kappa shape index (κ1) is 28.4. The van der Waals surface area contributed by atoms with Gasteiger partial charge in [-0.25, -0.2) is 9.97 Å². The topological polar surface area (TPSA) is 109 Å². The average molecular weight is 589 g/mol. The number of ether oxygens (including phenoxy) is 1. The maximum absolute atomic E-state index is 13.3. The van der Waals surface area contributed by atoms with E-state index in [2.05, 4.69) is 32.2 Å². The van der Waals surface area contributed by atoms with Gasteiger partial charge in [-0.15, -0.1) is 11.8 Å². The highest BCUT2D eigenvalue weighted by molar-refractivity contribution is 7.99. The Balaban J connectivity index is 1.39. The molecule has 0 radical (unpaired) electrons. The van der Waals surface area contributed by atoms with Crippen molar-refractivity contribution in [2.24, 2.45) is 0 Å². The standard InChI is InChI=1S/C30H29ClN6O3S/c1-3-28(38)37-13-7-9-25(37)30(39)36-24-15-21-23(16-27(24)41-4-2)33-18-34-29(21)35-19-10-11-26(22(31)14-19)40-17-20-8-5-6-12-32-20/h3,5-6,8,10-12,14-16,18,25H,1,4,7,9,13,17H2,2H3,(H,36,39)(H,33,34,35)/t25-/m0/s1. The Morgan fingerprint density at radius 2 is 2.07 bits per heavy atom. The van der Waals surface area contributed by atoms with Crippen molar-refractivity contribution in [2.75, 3.05) is 22.9 Å². The molecule has 0 spiro atoms. The van der Waals surface area contributed by atoms with Crippen molar-refractivity contribution in [3.05, 3.63) is 84.4 Å². The highest BCUT2D eigenvalue weighted by Crippen LogP contribution is 2.36. The SMILES string of the molecule is C=CC(=O)N1CCC[C@H]1C(=O)Nc1cc2c(Nc3ccc(OCc4ccccn4)c(Cl)c3)ncnc2cc1SCC. The molecule has 11 heteroatoms. The van der Waals surface area contributed by atoms with E-state index in [0.717, 1.165) is 33.7 Å². The lowest BCUT2D eigenvalue weighted by atomic mass is 10.1. The number of carbonyl (C=O) groups is 2. The third-order valence-corrected chi connectivity index (χ3v) is 7.84. The number of anilines is 3. The molecule has 0 bridgehead atoms. The van der Waals surface area contributed by atoms with Crippen molar-refractivity contribution in [2.45, 2.75) is 37.3 Å². The number of nitrogens with one attached hydrogen (secondary N) is 2. The monoisotopic (exact) mass is 588 g/mol. The highest BCUT2D eigenvalue weighted by Gasteiger charge is 2.33. The second-order valence-electron chi connectivity index (χ2n) is 9.28. The fourth-order valence-corrected chi connectivity index (χ4v) is 5.67. The Kier molecular flexibility index (Phi) is 9.01. The summed E-state index contributed by atoms with van der Waals surface area (Å²) in [5.41, 5.74) is 2.88. The van der Waals surface area contributed by atoms with Gasteiger partial charge in [-0.2, -0.15) is 0 Å². The van der Waals surface area contributed by atoms with E-state index in [-0.39, 0.29) is 11.8 Å². The molecule has 0 unspecified atom stereocenters. The lowest BCUT2D eigenvalue weighted by molar-refractivity contribution is -0.132. The second kappa shape index (κ2) is 13.0. The van der Waals surface area contributed by atoms with E-state index in [1.54, 1.807) is 35.0 Å². The van der Waals surface area contributed by atoms with Crippen LogP contribution in [-0.2, 0) is 16.2 Å². The predicted octanol–water partition coefficient (Wildman–Crippen LogP) is 6.23.